The van der Waals surface area contributed by atoms with E-state index in [0.717, 1.165) is 18.2 Å². The summed E-state index contributed by atoms with van der Waals surface area (Å²) in [6.45, 7) is 0. The molecule has 0 aliphatic carbocycles. The monoisotopic (exact) mass is 524 g/mol. The van der Waals surface area contributed by atoms with Crippen LogP contribution in [0.1, 0.15) is 15.9 Å². The number of rotatable bonds is 6. The fourth-order valence-electron chi connectivity index (χ4n) is 3.45. The molecule has 36 heavy (non-hydrogen) atoms. The Bertz CT molecular complexity index is 1160. The summed E-state index contributed by atoms with van der Waals surface area (Å²) in [5.41, 5.74) is -7.58. The first-order valence-corrected chi connectivity index (χ1v) is 9.89. The molecule has 0 radical (unpaired) electrons. The molecule has 12 heteroatoms. The lowest BCUT2D eigenvalue weighted by atomic mass is 9.80. The lowest BCUT2D eigenvalue weighted by molar-refractivity contribution is -0.427. The number of carbonyl (C=O) groups excluding carboxylic acids is 1. The van der Waals surface area contributed by atoms with E-state index in [9.17, 15) is 48.7 Å². The lowest BCUT2D eigenvalue weighted by Gasteiger charge is -2.45. The Hall–Kier alpha value is -3.57. The van der Waals surface area contributed by atoms with Gasteiger partial charge in [0.15, 0.2) is 0 Å². The molecule has 0 atom stereocenters. The first-order chi connectivity index (χ1) is 16.6. The Morgan fingerprint density at radius 3 is 1.33 bits per heavy atom. The summed E-state index contributed by atoms with van der Waals surface area (Å²) >= 11 is 0. The van der Waals surface area contributed by atoms with Crippen LogP contribution in [0.5, 0.6) is 0 Å². The van der Waals surface area contributed by atoms with Crippen molar-refractivity contribution in [1.82, 2.24) is 0 Å². The number of alkyl halides is 10. The molecule has 0 amide bonds. The molecule has 0 saturated carbocycles. The van der Waals surface area contributed by atoms with Crippen LogP contribution in [0.4, 0.5) is 43.9 Å². The van der Waals surface area contributed by atoms with Crippen molar-refractivity contribution >= 4 is 5.97 Å². The summed E-state index contributed by atoms with van der Waals surface area (Å²) in [7, 11) is 0. The average molecular weight is 524 g/mol. The van der Waals surface area contributed by atoms with Crippen LogP contribution < -0.4 is 0 Å². The summed E-state index contributed by atoms with van der Waals surface area (Å²) in [5.74, 6) is -16.0. The standard InChI is InChI=1S/C24H14F10O2/c25-21(26,23(29,30)31)20(18-9-5-2-6-10-18,22(27,28)24(32,33)34)36-19(35)17-13-11-16(12-14-17)15-7-3-1-4-8-15/h1-14H. The minimum Gasteiger partial charge on any atom is -0.437 e. The summed E-state index contributed by atoms with van der Waals surface area (Å²) in [5, 5.41) is 0. The molecule has 3 aromatic rings. The van der Waals surface area contributed by atoms with Gasteiger partial charge >= 0.3 is 30.2 Å². The van der Waals surface area contributed by atoms with Crippen molar-refractivity contribution < 1.29 is 53.4 Å². The third-order valence-electron chi connectivity index (χ3n) is 5.25. The van der Waals surface area contributed by atoms with E-state index in [1.807, 2.05) is 0 Å². The second kappa shape index (κ2) is 9.14. The Balaban J connectivity index is 2.20. The Morgan fingerprint density at radius 2 is 0.917 bits per heavy atom. The molecule has 0 unspecified atom stereocenters. The fourth-order valence-corrected chi connectivity index (χ4v) is 3.45. The smallest absolute Gasteiger partial charge is 0.437 e. The Kier molecular flexibility index (Phi) is 6.86. The molecule has 0 heterocycles. The van der Waals surface area contributed by atoms with Crippen molar-refractivity contribution in [3.05, 3.63) is 96.1 Å². The highest BCUT2D eigenvalue weighted by Gasteiger charge is 2.88. The first kappa shape index (κ1) is 27.0. The topological polar surface area (TPSA) is 26.3 Å². The summed E-state index contributed by atoms with van der Waals surface area (Å²) in [4.78, 5) is 12.6. The largest absolute Gasteiger partial charge is 0.458 e. The SMILES string of the molecule is O=C(OC(c1ccccc1)(C(F)(F)C(F)(F)F)C(F)(F)C(F)(F)F)c1ccc(-c2ccccc2)cc1. The number of hydrogen-bond acceptors (Lipinski definition) is 2. The van der Waals surface area contributed by atoms with Crippen LogP contribution in [-0.4, -0.2) is 30.2 Å². The molecule has 3 aromatic carbocycles. The number of halogens is 10. The summed E-state index contributed by atoms with van der Waals surface area (Å²) < 4.78 is 143. The highest BCUT2D eigenvalue weighted by atomic mass is 19.4. The maximum Gasteiger partial charge on any atom is 0.458 e. The predicted octanol–water partition coefficient (Wildman–Crippen LogP) is 7.80. The van der Waals surface area contributed by atoms with Crippen molar-refractivity contribution in [2.24, 2.45) is 0 Å². The van der Waals surface area contributed by atoms with E-state index in [-0.39, 0.29) is 12.1 Å². The van der Waals surface area contributed by atoms with Crippen LogP contribution in [0.3, 0.4) is 0 Å². The second-order valence-electron chi connectivity index (χ2n) is 7.52. The van der Waals surface area contributed by atoms with Crippen LogP contribution in [0.25, 0.3) is 11.1 Å². The molecule has 0 aromatic heterocycles. The molecule has 3 rings (SSSR count). The van der Waals surface area contributed by atoms with Gasteiger partial charge in [0.05, 0.1) is 5.56 Å². The molecule has 0 saturated heterocycles. The minimum absolute atomic E-state index is 0.158. The summed E-state index contributed by atoms with van der Waals surface area (Å²) in [6.07, 6.45) is -14.0. The lowest BCUT2D eigenvalue weighted by Crippen LogP contribution is -2.69. The Labute approximate surface area is 197 Å². The van der Waals surface area contributed by atoms with Gasteiger partial charge in [-0.25, -0.2) is 4.79 Å². The van der Waals surface area contributed by atoms with Gasteiger partial charge in [0.25, 0.3) is 5.60 Å². The third-order valence-corrected chi connectivity index (χ3v) is 5.25. The maximum atomic E-state index is 14.7. The van der Waals surface area contributed by atoms with Gasteiger partial charge in [-0.15, -0.1) is 0 Å². The van der Waals surface area contributed by atoms with E-state index in [4.69, 9.17) is 0 Å². The highest BCUT2D eigenvalue weighted by Crippen LogP contribution is 2.61. The van der Waals surface area contributed by atoms with Gasteiger partial charge in [0.1, 0.15) is 0 Å². The molecular weight excluding hydrogens is 510 g/mol. The first-order valence-electron chi connectivity index (χ1n) is 9.89. The van der Waals surface area contributed by atoms with Crippen molar-refractivity contribution in [2.75, 3.05) is 0 Å². The third kappa shape index (κ3) is 4.40. The van der Waals surface area contributed by atoms with Gasteiger partial charge < -0.3 is 4.74 Å². The van der Waals surface area contributed by atoms with Gasteiger partial charge in [-0.1, -0.05) is 72.8 Å². The van der Waals surface area contributed by atoms with E-state index in [1.54, 1.807) is 30.3 Å². The predicted molar refractivity (Wildman–Crippen MR) is 107 cm³/mol. The number of carbonyl (C=O) groups is 1. The van der Waals surface area contributed by atoms with Crippen molar-refractivity contribution in [1.29, 1.82) is 0 Å². The molecule has 192 valence electrons. The van der Waals surface area contributed by atoms with Crippen LogP contribution in [0.15, 0.2) is 84.9 Å². The normalized spacial score (nSPS) is 13.4. The fraction of sp³-hybridized carbons (Fsp3) is 0.208. The minimum atomic E-state index is -6.98. The van der Waals surface area contributed by atoms with Crippen molar-refractivity contribution in [3.63, 3.8) is 0 Å². The van der Waals surface area contributed by atoms with E-state index in [1.165, 1.54) is 12.1 Å². The zero-order valence-corrected chi connectivity index (χ0v) is 17.7. The molecule has 0 aliphatic heterocycles. The van der Waals surface area contributed by atoms with Crippen molar-refractivity contribution in [2.45, 2.75) is 29.8 Å². The van der Waals surface area contributed by atoms with Crippen LogP contribution in [-0.2, 0) is 10.3 Å². The molecule has 0 aliphatic rings. The van der Waals surface area contributed by atoms with Gasteiger partial charge in [-0.2, -0.15) is 43.9 Å². The molecule has 2 nitrogen and oxygen atoms in total. The van der Waals surface area contributed by atoms with E-state index < -0.39 is 46.9 Å². The molecule has 0 spiro atoms. The van der Waals surface area contributed by atoms with Crippen LogP contribution in [0, 0.1) is 0 Å². The Morgan fingerprint density at radius 1 is 0.528 bits per heavy atom. The molecule has 0 bridgehead atoms. The summed E-state index contributed by atoms with van der Waals surface area (Å²) in [6, 6.07) is 14.8. The number of ether oxygens (including phenoxy) is 1. The van der Waals surface area contributed by atoms with Gasteiger partial charge in [0, 0.05) is 5.56 Å². The quantitative estimate of drug-likeness (QED) is 0.243. The number of hydrogen-bond donors (Lipinski definition) is 0. The van der Waals surface area contributed by atoms with E-state index >= 15 is 0 Å². The van der Waals surface area contributed by atoms with Crippen LogP contribution >= 0.6 is 0 Å². The van der Waals surface area contributed by atoms with Crippen molar-refractivity contribution in [3.8, 4) is 11.1 Å². The second-order valence-corrected chi connectivity index (χ2v) is 7.52. The molecule has 0 N–H and O–H groups in total. The van der Waals surface area contributed by atoms with E-state index in [0.29, 0.717) is 23.3 Å². The highest BCUT2D eigenvalue weighted by molar-refractivity contribution is 5.90. The van der Waals surface area contributed by atoms with E-state index in [2.05, 4.69) is 4.74 Å². The van der Waals surface area contributed by atoms with Gasteiger partial charge in [0.2, 0.25) is 0 Å². The van der Waals surface area contributed by atoms with Gasteiger partial charge in [-0.05, 0) is 23.3 Å². The molecular formula is C24H14F10O2. The maximum absolute atomic E-state index is 14.7. The zero-order chi connectivity index (χ0) is 27.0. The van der Waals surface area contributed by atoms with Crippen LogP contribution in [0.2, 0.25) is 0 Å². The zero-order valence-electron chi connectivity index (χ0n) is 17.7. The average Bonchev–Trinajstić information content (AvgIpc) is 2.82. The number of benzene rings is 3. The number of esters is 1. The molecule has 0 fully saturated rings. The van der Waals surface area contributed by atoms with Gasteiger partial charge in [-0.3, -0.25) is 0 Å².